The molecule has 0 amide bonds. The fraction of sp³-hybridized carbons (Fsp3) is 0.310. The van der Waals surface area contributed by atoms with Crippen LogP contribution < -0.4 is 5.32 Å². The van der Waals surface area contributed by atoms with Gasteiger partial charge in [-0.15, -0.1) is 0 Å². The number of imidazole rings is 1. The largest absolute Gasteiger partial charge is 0.469 e. The Morgan fingerprint density at radius 2 is 1.82 bits per heavy atom. The van der Waals surface area contributed by atoms with E-state index >= 15 is 0 Å². The molecule has 2 aromatic heterocycles. The second-order valence-corrected chi connectivity index (χ2v) is 11.1. The number of hydrogen-bond donors (Lipinski definition) is 4. The van der Waals surface area contributed by atoms with Gasteiger partial charge in [-0.05, 0) is 54.5 Å². The second-order valence-electron chi connectivity index (χ2n) is 9.87. The minimum atomic E-state index is -4.69. The van der Waals surface area contributed by atoms with Gasteiger partial charge >= 0.3 is 7.82 Å². The summed E-state index contributed by atoms with van der Waals surface area (Å²) in [5.41, 5.74) is 5.16. The summed E-state index contributed by atoms with van der Waals surface area (Å²) >= 11 is 0. The van der Waals surface area contributed by atoms with Crippen molar-refractivity contribution in [2.24, 2.45) is 0 Å². The fourth-order valence-corrected chi connectivity index (χ4v) is 5.10. The lowest BCUT2D eigenvalue weighted by Crippen LogP contribution is -2.39. The third kappa shape index (κ3) is 7.14. The molecule has 10 nitrogen and oxygen atoms in total. The number of nitrogens with one attached hydrogen (secondary N) is 1. The van der Waals surface area contributed by atoms with Crippen molar-refractivity contribution in [2.45, 2.75) is 50.4 Å². The normalized spacial score (nSPS) is 18.4. The molecule has 2 aromatic carbocycles. The number of aliphatic hydroxyl groups is 1. The summed E-state index contributed by atoms with van der Waals surface area (Å²) in [7, 11) is -4.69. The van der Waals surface area contributed by atoms with Crippen LogP contribution in [0.2, 0.25) is 0 Å². The molecule has 4 N–H and O–H groups in total. The van der Waals surface area contributed by atoms with Crippen molar-refractivity contribution in [2.75, 3.05) is 6.61 Å². The number of phosphoric acid groups is 1. The maximum Gasteiger partial charge on any atom is 0.469 e. The first-order valence-electron chi connectivity index (χ1n) is 13.0. The molecular weight excluding hydrogens is 531 g/mol. The van der Waals surface area contributed by atoms with Crippen LogP contribution in [0.4, 0.5) is 0 Å². The van der Waals surface area contributed by atoms with Crippen molar-refractivity contribution in [3.63, 3.8) is 0 Å². The van der Waals surface area contributed by atoms with Crippen molar-refractivity contribution in [1.29, 1.82) is 0 Å². The summed E-state index contributed by atoms with van der Waals surface area (Å²) in [5.74, 6) is 6.92. The Morgan fingerprint density at radius 3 is 2.45 bits per heavy atom. The van der Waals surface area contributed by atoms with E-state index in [-0.39, 0.29) is 6.61 Å². The fourth-order valence-electron chi connectivity index (χ4n) is 4.76. The van der Waals surface area contributed by atoms with E-state index < -0.39 is 20.0 Å². The lowest BCUT2D eigenvalue weighted by atomic mass is 9.75. The zero-order valence-electron chi connectivity index (χ0n) is 21.9. The van der Waals surface area contributed by atoms with Gasteiger partial charge in [0.25, 0.3) is 0 Å². The Morgan fingerprint density at radius 1 is 1.12 bits per heavy atom. The van der Waals surface area contributed by atoms with Gasteiger partial charge in [0.1, 0.15) is 24.2 Å². The molecular formula is C29H31N4O6P. The number of phosphoric ester groups is 1. The Balaban J connectivity index is 1.21. The molecule has 2 heterocycles. The molecule has 11 heteroatoms. The Kier molecular flexibility index (Phi) is 8.62. The molecule has 0 bridgehead atoms. The molecule has 2 atom stereocenters. The van der Waals surface area contributed by atoms with Crippen molar-refractivity contribution in [1.82, 2.24) is 19.9 Å². The van der Waals surface area contributed by atoms with Crippen LogP contribution in [0.3, 0.4) is 0 Å². The molecule has 1 aliphatic rings. The molecule has 0 aliphatic heterocycles. The van der Waals surface area contributed by atoms with Crippen LogP contribution in [-0.4, -0.2) is 42.1 Å². The highest BCUT2D eigenvalue weighted by atomic mass is 31.2. The topological polar surface area (TPSA) is 143 Å². The molecule has 0 saturated heterocycles. The number of benzene rings is 2. The summed E-state index contributed by atoms with van der Waals surface area (Å²) in [5, 5.41) is 13.5. The summed E-state index contributed by atoms with van der Waals surface area (Å²) in [4.78, 5) is 26.6. The smallest absolute Gasteiger partial charge is 0.451 e. The Hall–Kier alpha value is -3.55. The number of rotatable bonds is 10. The van der Waals surface area contributed by atoms with Gasteiger partial charge in [0.05, 0.1) is 12.3 Å². The highest BCUT2D eigenvalue weighted by Crippen LogP contribution is 2.38. The van der Waals surface area contributed by atoms with Crippen LogP contribution >= 0.6 is 7.82 Å². The molecule has 5 rings (SSSR count). The molecule has 0 unspecified atom stereocenters. The maximum atomic E-state index is 11.3. The van der Waals surface area contributed by atoms with E-state index in [1.165, 1.54) is 18.2 Å². The number of aromatic nitrogens is 3. The minimum absolute atomic E-state index is 0.327. The van der Waals surface area contributed by atoms with Crippen molar-refractivity contribution in [3.8, 4) is 23.0 Å². The molecule has 1 saturated carbocycles. The monoisotopic (exact) mass is 562 g/mol. The zero-order chi connectivity index (χ0) is 28.1. The Labute approximate surface area is 232 Å². The van der Waals surface area contributed by atoms with Crippen molar-refractivity contribution < 1.29 is 28.4 Å². The maximum absolute atomic E-state index is 11.3. The van der Waals surface area contributed by atoms with Crippen LogP contribution in [0.25, 0.3) is 11.1 Å². The highest BCUT2D eigenvalue weighted by molar-refractivity contribution is 7.46. The van der Waals surface area contributed by atoms with Gasteiger partial charge in [-0.2, -0.15) is 0 Å². The van der Waals surface area contributed by atoms with Crippen LogP contribution in [0.15, 0.2) is 78.0 Å². The van der Waals surface area contributed by atoms with Gasteiger partial charge in [0.2, 0.25) is 0 Å². The number of aliphatic hydroxyl groups excluding tert-OH is 1. The van der Waals surface area contributed by atoms with E-state index in [2.05, 4.69) is 51.4 Å². The van der Waals surface area contributed by atoms with Gasteiger partial charge in [-0.25, -0.2) is 14.5 Å². The number of oxazole rings is 1. The molecule has 4 aromatic rings. The van der Waals surface area contributed by atoms with E-state index in [1.54, 1.807) is 24.0 Å². The molecule has 0 spiro atoms. The van der Waals surface area contributed by atoms with E-state index in [0.717, 1.165) is 41.8 Å². The first kappa shape index (κ1) is 28.0. The molecule has 1 fully saturated rings. The quantitative estimate of drug-likeness (QED) is 0.164. The van der Waals surface area contributed by atoms with Gasteiger partial charge < -0.3 is 29.2 Å². The second kappa shape index (κ2) is 12.3. The zero-order valence-corrected chi connectivity index (χ0v) is 22.8. The standard InChI is InChI=1S/C29H31N4O6P/c1-20(34)29-30-12-13-33(29)28(18-39-40(35,36)37)11-4-21-2-5-22(6-3-21)23-7-9-24(10-8-23)25-14-26(15-25)31-16-27-17-38-19-32-27/h2-3,5-10,12-13,17,19-20,25-26,28,31,34H,14-16,18H2,1H3,(H2,35,36,37)/t20-,25?,26?,28-/m0/s1. The summed E-state index contributed by atoms with van der Waals surface area (Å²) in [6.07, 6.45) is 7.52. The van der Waals surface area contributed by atoms with E-state index in [4.69, 9.17) is 18.7 Å². The average Bonchev–Trinajstić information content (AvgIpc) is 3.61. The number of nitrogens with zero attached hydrogens (tertiary/aromatic N) is 3. The lowest BCUT2D eigenvalue weighted by molar-refractivity contribution is 0.165. The van der Waals surface area contributed by atoms with Gasteiger partial charge in [-0.3, -0.25) is 4.52 Å². The SMILES string of the molecule is C[C@H](O)c1nccn1[C@@H](C#Cc1ccc(-c2ccc(C3CC(NCc4cocn4)C3)cc2)cc1)COP(=O)(O)O. The first-order chi connectivity index (χ1) is 19.2. The minimum Gasteiger partial charge on any atom is -0.451 e. The summed E-state index contributed by atoms with van der Waals surface area (Å²) in [6.45, 7) is 1.92. The van der Waals surface area contributed by atoms with Gasteiger partial charge in [-0.1, -0.05) is 48.2 Å². The van der Waals surface area contributed by atoms with Crippen LogP contribution in [-0.2, 0) is 15.6 Å². The van der Waals surface area contributed by atoms with Crippen LogP contribution in [0.1, 0.15) is 60.5 Å². The predicted molar refractivity (Wildman–Crippen MR) is 148 cm³/mol. The predicted octanol–water partition coefficient (Wildman–Crippen LogP) is 4.33. The van der Waals surface area contributed by atoms with E-state index in [0.29, 0.717) is 17.8 Å². The highest BCUT2D eigenvalue weighted by Gasteiger charge is 2.30. The van der Waals surface area contributed by atoms with Crippen molar-refractivity contribution >= 4 is 7.82 Å². The Bertz CT molecular complexity index is 1490. The lowest BCUT2D eigenvalue weighted by Gasteiger charge is -2.36. The molecule has 1 aliphatic carbocycles. The number of hydrogen-bond acceptors (Lipinski definition) is 7. The molecule has 208 valence electrons. The van der Waals surface area contributed by atoms with E-state index in [1.807, 2.05) is 24.3 Å². The van der Waals surface area contributed by atoms with Crippen LogP contribution in [0.5, 0.6) is 0 Å². The third-order valence-electron chi connectivity index (χ3n) is 6.99. The first-order valence-corrected chi connectivity index (χ1v) is 14.5. The van der Waals surface area contributed by atoms with Crippen LogP contribution in [0, 0.1) is 11.8 Å². The average molecular weight is 563 g/mol. The molecule has 0 radical (unpaired) electrons. The van der Waals surface area contributed by atoms with E-state index in [9.17, 15) is 9.67 Å². The molecule has 40 heavy (non-hydrogen) atoms. The third-order valence-corrected chi connectivity index (χ3v) is 7.47. The van der Waals surface area contributed by atoms with Crippen molar-refractivity contribution in [3.05, 3.63) is 96.2 Å². The summed E-state index contributed by atoms with van der Waals surface area (Å²) < 4.78 is 22.6. The van der Waals surface area contributed by atoms with Gasteiger partial charge in [0, 0.05) is 30.5 Å². The van der Waals surface area contributed by atoms with Gasteiger partial charge in [0.15, 0.2) is 6.39 Å². The summed E-state index contributed by atoms with van der Waals surface area (Å²) in [6, 6.07) is 16.2.